The Morgan fingerprint density at radius 1 is 1.14 bits per heavy atom. The number of benzene rings is 1. The van der Waals surface area contributed by atoms with E-state index in [0.717, 1.165) is 6.08 Å². The molecule has 1 N–H and O–H groups in total. The standard InChI is InChI=1S/C10H7F3O/c11-10(12,13)8-5-6-3-1-2-4-7(6)9(8)14/h1-5,9,14H. The highest BCUT2D eigenvalue weighted by atomic mass is 19.4. The van der Waals surface area contributed by atoms with Gasteiger partial charge in [0.2, 0.25) is 0 Å². The summed E-state index contributed by atoms with van der Waals surface area (Å²) in [7, 11) is 0. The molecule has 1 aliphatic rings. The predicted molar refractivity (Wildman–Crippen MR) is 45.4 cm³/mol. The van der Waals surface area contributed by atoms with Crippen LogP contribution in [0.5, 0.6) is 0 Å². The summed E-state index contributed by atoms with van der Waals surface area (Å²) in [4.78, 5) is 0. The van der Waals surface area contributed by atoms with Gasteiger partial charge in [-0.2, -0.15) is 13.2 Å². The molecule has 0 radical (unpaired) electrons. The largest absolute Gasteiger partial charge is 0.415 e. The quantitative estimate of drug-likeness (QED) is 0.682. The van der Waals surface area contributed by atoms with Crippen molar-refractivity contribution in [3.63, 3.8) is 0 Å². The lowest BCUT2D eigenvalue weighted by Crippen LogP contribution is -2.15. The molecule has 1 unspecified atom stereocenters. The van der Waals surface area contributed by atoms with E-state index in [1.807, 2.05) is 0 Å². The van der Waals surface area contributed by atoms with Gasteiger partial charge >= 0.3 is 6.18 Å². The Morgan fingerprint density at radius 2 is 1.79 bits per heavy atom. The van der Waals surface area contributed by atoms with Gasteiger partial charge < -0.3 is 5.11 Å². The van der Waals surface area contributed by atoms with Crippen molar-refractivity contribution in [1.29, 1.82) is 0 Å². The molecule has 0 aliphatic heterocycles. The Morgan fingerprint density at radius 3 is 2.36 bits per heavy atom. The Hall–Kier alpha value is -1.29. The van der Waals surface area contributed by atoms with E-state index in [1.54, 1.807) is 18.2 Å². The van der Waals surface area contributed by atoms with Crippen LogP contribution in [0.3, 0.4) is 0 Å². The Balaban J connectivity index is 2.47. The molecular weight excluding hydrogens is 193 g/mol. The average molecular weight is 200 g/mol. The van der Waals surface area contributed by atoms with Crippen LogP contribution in [0.1, 0.15) is 17.2 Å². The average Bonchev–Trinajstić information content (AvgIpc) is 2.44. The summed E-state index contributed by atoms with van der Waals surface area (Å²) in [6, 6.07) is 6.29. The van der Waals surface area contributed by atoms with Crippen LogP contribution >= 0.6 is 0 Å². The number of aliphatic hydroxyl groups is 1. The van der Waals surface area contributed by atoms with Crippen molar-refractivity contribution >= 4 is 6.08 Å². The fourth-order valence-electron chi connectivity index (χ4n) is 1.54. The van der Waals surface area contributed by atoms with Crippen molar-refractivity contribution in [2.24, 2.45) is 0 Å². The second-order valence-electron chi connectivity index (χ2n) is 3.13. The van der Waals surface area contributed by atoms with E-state index in [-0.39, 0.29) is 0 Å². The van der Waals surface area contributed by atoms with Gasteiger partial charge in [-0.1, -0.05) is 24.3 Å². The van der Waals surface area contributed by atoms with E-state index < -0.39 is 17.9 Å². The summed E-state index contributed by atoms with van der Waals surface area (Å²) in [5, 5.41) is 9.39. The van der Waals surface area contributed by atoms with Crippen LogP contribution in [0.4, 0.5) is 13.2 Å². The van der Waals surface area contributed by atoms with Gasteiger partial charge in [-0.3, -0.25) is 0 Å². The van der Waals surface area contributed by atoms with Crippen LogP contribution in [-0.2, 0) is 0 Å². The molecule has 4 heteroatoms. The third-order valence-electron chi connectivity index (χ3n) is 2.22. The second kappa shape index (κ2) is 2.85. The molecule has 0 saturated carbocycles. The lowest BCUT2D eigenvalue weighted by Gasteiger charge is -2.12. The summed E-state index contributed by atoms with van der Waals surface area (Å²) in [6.07, 6.45) is -5.01. The minimum absolute atomic E-state index is 0.319. The molecule has 0 fully saturated rings. The number of hydrogen-bond donors (Lipinski definition) is 1. The molecule has 1 aliphatic carbocycles. The number of hydrogen-bond acceptors (Lipinski definition) is 1. The fraction of sp³-hybridized carbons (Fsp3) is 0.200. The highest BCUT2D eigenvalue weighted by molar-refractivity contribution is 5.66. The number of halogens is 3. The third kappa shape index (κ3) is 1.32. The highest BCUT2D eigenvalue weighted by Gasteiger charge is 2.41. The molecule has 0 amide bonds. The zero-order valence-electron chi connectivity index (χ0n) is 7.05. The Bertz CT molecular complexity index is 393. The summed E-state index contributed by atoms with van der Waals surface area (Å²) in [5.74, 6) is 0. The maximum atomic E-state index is 12.3. The van der Waals surface area contributed by atoms with E-state index >= 15 is 0 Å². The molecule has 74 valence electrons. The minimum Gasteiger partial charge on any atom is -0.384 e. The topological polar surface area (TPSA) is 20.2 Å². The second-order valence-corrected chi connectivity index (χ2v) is 3.13. The van der Waals surface area contributed by atoms with Gasteiger partial charge in [0, 0.05) is 0 Å². The van der Waals surface area contributed by atoms with Crippen molar-refractivity contribution in [3.8, 4) is 0 Å². The number of alkyl halides is 3. The predicted octanol–water partition coefficient (Wildman–Crippen LogP) is 2.68. The summed E-state index contributed by atoms with van der Waals surface area (Å²) in [6.45, 7) is 0. The van der Waals surface area contributed by atoms with Crippen molar-refractivity contribution in [3.05, 3.63) is 41.0 Å². The normalized spacial score (nSPS) is 20.6. The van der Waals surface area contributed by atoms with E-state index in [1.165, 1.54) is 6.07 Å². The molecule has 1 aromatic carbocycles. The van der Waals surface area contributed by atoms with Crippen LogP contribution in [0.15, 0.2) is 29.8 Å². The maximum absolute atomic E-state index is 12.3. The van der Waals surface area contributed by atoms with Gasteiger partial charge in [0.1, 0.15) is 6.10 Å². The van der Waals surface area contributed by atoms with Crippen LogP contribution in [0, 0.1) is 0 Å². The van der Waals surface area contributed by atoms with Crippen LogP contribution in [0.25, 0.3) is 6.08 Å². The van der Waals surface area contributed by atoms with Gasteiger partial charge in [0.15, 0.2) is 0 Å². The molecule has 0 spiro atoms. The van der Waals surface area contributed by atoms with Crippen molar-refractivity contribution in [2.45, 2.75) is 12.3 Å². The van der Waals surface area contributed by atoms with Crippen molar-refractivity contribution < 1.29 is 18.3 Å². The zero-order chi connectivity index (χ0) is 10.3. The smallest absolute Gasteiger partial charge is 0.384 e. The first kappa shape index (κ1) is 9.27. The molecule has 0 aromatic heterocycles. The summed E-state index contributed by atoms with van der Waals surface area (Å²) in [5.41, 5.74) is -0.133. The first-order valence-corrected chi connectivity index (χ1v) is 4.06. The lowest BCUT2D eigenvalue weighted by molar-refractivity contribution is -0.104. The van der Waals surface area contributed by atoms with Gasteiger partial charge in [-0.25, -0.2) is 0 Å². The van der Waals surface area contributed by atoms with E-state index in [9.17, 15) is 18.3 Å². The fourth-order valence-corrected chi connectivity index (χ4v) is 1.54. The molecule has 1 nitrogen and oxygen atoms in total. The van der Waals surface area contributed by atoms with Gasteiger partial charge in [-0.15, -0.1) is 0 Å². The maximum Gasteiger partial charge on any atom is 0.415 e. The highest BCUT2D eigenvalue weighted by Crippen LogP contribution is 2.42. The molecule has 14 heavy (non-hydrogen) atoms. The van der Waals surface area contributed by atoms with Crippen LogP contribution in [0.2, 0.25) is 0 Å². The SMILES string of the molecule is OC1C(C(F)(F)F)=Cc2ccccc21. The number of rotatable bonds is 0. The van der Waals surface area contributed by atoms with Crippen LogP contribution < -0.4 is 0 Å². The molecule has 1 atom stereocenters. The van der Waals surface area contributed by atoms with Gasteiger partial charge in [-0.05, 0) is 17.2 Å². The first-order chi connectivity index (χ1) is 6.50. The molecule has 0 heterocycles. The Kier molecular flexibility index (Phi) is 1.89. The van der Waals surface area contributed by atoms with E-state index in [4.69, 9.17) is 0 Å². The zero-order valence-corrected chi connectivity index (χ0v) is 7.05. The number of aliphatic hydroxyl groups excluding tert-OH is 1. The Labute approximate surface area is 78.5 Å². The van der Waals surface area contributed by atoms with Crippen molar-refractivity contribution in [1.82, 2.24) is 0 Å². The first-order valence-electron chi connectivity index (χ1n) is 4.06. The molecular formula is C10H7F3O. The van der Waals surface area contributed by atoms with Gasteiger partial charge in [0.25, 0.3) is 0 Å². The van der Waals surface area contributed by atoms with E-state index in [2.05, 4.69) is 0 Å². The number of fused-ring (bicyclic) bond motifs is 1. The van der Waals surface area contributed by atoms with Crippen molar-refractivity contribution in [2.75, 3.05) is 0 Å². The third-order valence-corrected chi connectivity index (χ3v) is 2.22. The van der Waals surface area contributed by atoms with Gasteiger partial charge in [0.05, 0.1) is 5.57 Å². The molecule has 1 aromatic rings. The lowest BCUT2D eigenvalue weighted by atomic mass is 10.1. The molecule has 0 bridgehead atoms. The molecule has 0 saturated heterocycles. The summed E-state index contributed by atoms with van der Waals surface area (Å²) >= 11 is 0. The monoisotopic (exact) mass is 200 g/mol. The minimum atomic E-state index is -4.46. The van der Waals surface area contributed by atoms with Crippen LogP contribution in [-0.4, -0.2) is 11.3 Å². The van der Waals surface area contributed by atoms with E-state index in [0.29, 0.717) is 11.1 Å². The molecule has 2 rings (SSSR count). The summed E-state index contributed by atoms with van der Waals surface area (Å²) < 4.78 is 37.0.